The Kier molecular flexibility index (Phi) is 5.22. The SMILES string of the molecule is Cc1cc2nc3n(c(=O)c2n1CC(=O)NCCc1ccc(Cl)cc1)CCCC3. The first-order chi connectivity index (χ1) is 13.5. The van der Waals surface area contributed by atoms with E-state index in [1.807, 2.05) is 37.3 Å². The zero-order chi connectivity index (χ0) is 19.7. The lowest BCUT2D eigenvalue weighted by molar-refractivity contribution is -0.121. The Morgan fingerprint density at radius 3 is 2.82 bits per heavy atom. The molecular weight excluding hydrogens is 376 g/mol. The standard InChI is InChI=1S/C21H23ClN4O2/c1-14-12-17-20(21(28)25-11-3-2-4-18(25)24-17)26(14)13-19(27)23-10-9-15-5-7-16(22)8-6-15/h5-8,12H,2-4,9-11,13H2,1H3,(H,23,27). The number of benzene rings is 1. The van der Waals surface area contributed by atoms with E-state index in [4.69, 9.17) is 11.6 Å². The highest BCUT2D eigenvalue weighted by molar-refractivity contribution is 6.30. The van der Waals surface area contributed by atoms with Gasteiger partial charge in [-0.3, -0.25) is 14.2 Å². The fourth-order valence-corrected chi connectivity index (χ4v) is 3.91. The lowest BCUT2D eigenvalue weighted by atomic mass is 10.1. The molecule has 0 unspecified atom stereocenters. The third-order valence-electron chi connectivity index (χ3n) is 5.28. The van der Waals surface area contributed by atoms with Gasteiger partial charge in [-0.2, -0.15) is 0 Å². The number of hydrogen-bond donors (Lipinski definition) is 1. The van der Waals surface area contributed by atoms with Gasteiger partial charge in [0.2, 0.25) is 5.91 Å². The van der Waals surface area contributed by atoms with E-state index in [-0.39, 0.29) is 18.0 Å². The Bertz CT molecular complexity index is 1080. The Morgan fingerprint density at radius 1 is 1.25 bits per heavy atom. The summed E-state index contributed by atoms with van der Waals surface area (Å²) in [5, 5.41) is 3.63. The zero-order valence-electron chi connectivity index (χ0n) is 15.9. The summed E-state index contributed by atoms with van der Waals surface area (Å²) in [6, 6.07) is 9.49. The van der Waals surface area contributed by atoms with Crippen molar-refractivity contribution in [1.29, 1.82) is 0 Å². The highest BCUT2D eigenvalue weighted by Crippen LogP contribution is 2.18. The van der Waals surface area contributed by atoms with Gasteiger partial charge < -0.3 is 9.88 Å². The number of halogens is 1. The number of nitrogens with one attached hydrogen (secondary N) is 1. The van der Waals surface area contributed by atoms with E-state index in [1.54, 1.807) is 9.13 Å². The highest BCUT2D eigenvalue weighted by atomic mass is 35.5. The number of aromatic nitrogens is 3. The Hall–Kier alpha value is -2.60. The van der Waals surface area contributed by atoms with E-state index in [0.29, 0.717) is 29.1 Å². The minimum absolute atomic E-state index is 0.0400. The summed E-state index contributed by atoms with van der Waals surface area (Å²) < 4.78 is 3.55. The maximum atomic E-state index is 13.0. The van der Waals surface area contributed by atoms with Crippen LogP contribution in [0.4, 0.5) is 0 Å². The largest absolute Gasteiger partial charge is 0.354 e. The first kappa shape index (κ1) is 18.7. The Morgan fingerprint density at radius 2 is 2.04 bits per heavy atom. The van der Waals surface area contributed by atoms with Crippen LogP contribution in [-0.4, -0.2) is 26.6 Å². The third kappa shape index (κ3) is 3.69. The van der Waals surface area contributed by atoms with Gasteiger partial charge in [-0.25, -0.2) is 4.98 Å². The summed E-state index contributed by atoms with van der Waals surface area (Å²) in [5.74, 6) is 0.741. The Labute approximate surface area is 168 Å². The number of hydrogen-bond acceptors (Lipinski definition) is 3. The van der Waals surface area contributed by atoms with E-state index < -0.39 is 0 Å². The highest BCUT2D eigenvalue weighted by Gasteiger charge is 2.19. The molecule has 6 nitrogen and oxygen atoms in total. The van der Waals surface area contributed by atoms with Gasteiger partial charge in [-0.05, 0) is 49.9 Å². The minimum atomic E-state index is -0.114. The van der Waals surface area contributed by atoms with Crippen LogP contribution in [0, 0.1) is 6.92 Å². The number of fused-ring (bicyclic) bond motifs is 2. The maximum Gasteiger partial charge on any atom is 0.278 e. The molecule has 1 aromatic carbocycles. The zero-order valence-corrected chi connectivity index (χ0v) is 16.6. The van der Waals surface area contributed by atoms with Crippen molar-refractivity contribution >= 4 is 28.5 Å². The molecule has 28 heavy (non-hydrogen) atoms. The second-order valence-electron chi connectivity index (χ2n) is 7.27. The van der Waals surface area contributed by atoms with Crippen LogP contribution in [0.2, 0.25) is 5.02 Å². The van der Waals surface area contributed by atoms with Crippen molar-refractivity contribution in [2.75, 3.05) is 6.54 Å². The molecule has 1 aliphatic rings. The first-order valence-electron chi connectivity index (χ1n) is 9.63. The number of carbonyl (C=O) groups excluding carboxylic acids is 1. The monoisotopic (exact) mass is 398 g/mol. The average molecular weight is 399 g/mol. The minimum Gasteiger partial charge on any atom is -0.354 e. The van der Waals surface area contributed by atoms with Gasteiger partial charge in [0.05, 0.1) is 5.52 Å². The van der Waals surface area contributed by atoms with Crippen molar-refractivity contribution in [2.45, 2.75) is 45.7 Å². The molecule has 146 valence electrons. The molecule has 0 fully saturated rings. The Balaban J connectivity index is 1.49. The molecule has 3 aromatic rings. The van der Waals surface area contributed by atoms with E-state index in [0.717, 1.165) is 42.8 Å². The second-order valence-corrected chi connectivity index (χ2v) is 7.71. The van der Waals surface area contributed by atoms with Crippen LogP contribution in [0.3, 0.4) is 0 Å². The second kappa shape index (κ2) is 7.80. The lowest BCUT2D eigenvalue weighted by Crippen LogP contribution is -2.32. The van der Waals surface area contributed by atoms with E-state index in [1.165, 1.54) is 0 Å². The fraction of sp³-hybridized carbons (Fsp3) is 0.381. The van der Waals surface area contributed by atoms with Crippen molar-refractivity contribution in [2.24, 2.45) is 0 Å². The van der Waals surface area contributed by atoms with E-state index in [2.05, 4.69) is 10.3 Å². The number of aryl methyl sites for hydroxylation is 2. The smallest absolute Gasteiger partial charge is 0.278 e. The van der Waals surface area contributed by atoms with Gasteiger partial charge >= 0.3 is 0 Å². The predicted molar refractivity (Wildman–Crippen MR) is 110 cm³/mol. The van der Waals surface area contributed by atoms with Gasteiger partial charge in [0, 0.05) is 30.2 Å². The van der Waals surface area contributed by atoms with Gasteiger partial charge in [-0.15, -0.1) is 0 Å². The summed E-state index contributed by atoms with van der Waals surface area (Å²) in [5.41, 5.74) is 3.15. The van der Waals surface area contributed by atoms with E-state index >= 15 is 0 Å². The van der Waals surface area contributed by atoms with Crippen molar-refractivity contribution in [1.82, 2.24) is 19.4 Å². The summed E-state index contributed by atoms with van der Waals surface area (Å²) in [6.45, 7) is 3.26. The summed E-state index contributed by atoms with van der Waals surface area (Å²) in [6.07, 6.45) is 3.62. The molecule has 0 radical (unpaired) electrons. The molecule has 0 saturated carbocycles. The lowest BCUT2D eigenvalue weighted by Gasteiger charge is -2.17. The summed E-state index contributed by atoms with van der Waals surface area (Å²) >= 11 is 5.89. The topological polar surface area (TPSA) is 68.9 Å². The molecule has 0 atom stereocenters. The van der Waals surface area contributed by atoms with Crippen LogP contribution in [0.1, 0.15) is 29.9 Å². The van der Waals surface area contributed by atoms with Gasteiger partial charge in [-0.1, -0.05) is 23.7 Å². The number of rotatable bonds is 5. The normalized spacial score (nSPS) is 13.5. The van der Waals surface area contributed by atoms with Gasteiger partial charge in [0.1, 0.15) is 17.9 Å². The molecule has 1 aliphatic heterocycles. The third-order valence-corrected chi connectivity index (χ3v) is 5.53. The maximum absolute atomic E-state index is 13.0. The van der Waals surface area contributed by atoms with Crippen LogP contribution in [-0.2, 0) is 30.7 Å². The molecular formula is C21H23ClN4O2. The molecule has 0 bridgehead atoms. The van der Waals surface area contributed by atoms with Crippen molar-refractivity contribution < 1.29 is 4.79 Å². The summed E-state index contributed by atoms with van der Waals surface area (Å²) in [7, 11) is 0. The van der Waals surface area contributed by atoms with Gasteiger partial charge in [0.25, 0.3) is 5.56 Å². The molecule has 4 rings (SSSR count). The van der Waals surface area contributed by atoms with Gasteiger partial charge in [0.15, 0.2) is 0 Å². The van der Waals surface area contributed by atoms with Crippen LogP contribution < -0.4 is 10.9 Å². The number of carbonyl (C=O) groups is 1. The van der Waals surface area contributed by atoms with E-state index in [9.17, 15) is 9.59 Å². The number of nitrogens with zero attached hydrogens (tertiary/aromatic N) is 3. The van der Waals surface area contributed by atoms with Crippen LogP contribution in [0.25, 0.3) is 11.0 Å². The van der Waals surface area contributed by atoms with Crippen molar-refractivity contribution in [3.8, 4) is 0 Å². The fourth-order valence-electron chi connectivity index (χ4n) is 3.79. The molecule has 3 heterocycles. The van der Waals surface area contributed by atoms with Crippen LogP contribution in [0.5, 0.6) is 0 Å². The molecule has 1 amide bonds. The predicted octanol–water partition coefficient (Wildman–Crippen LogP) is 2.86. The molecule has 2 aromatic heterocycles. The van der Waals surface area contributed by atoms with Crippen molar-refractivity contribution in [3.63, 3.8) is 0 Å². The summed E-state index contributed by atoms with van der Waals surface area (Å²) in [4.78, 5) is 30.1. The molecule has 1 N–H and O–H groups in total. The molecule has 0 aliphatic carbocycles. The quantitative estimate of drug-likeness (QED) is 0.718. The van der Waals surface area contributed by atoms with Crippen LogP contribution >= 0.6 is 11.6 Å². The first-order valence-corrected chi connectivity index (χ1v) is 10.0. The average Bonchev–Trinajstić information content (AvgIpc) is 2.99. The van der Waals surface area contributed by atoms with Crippen LogP contribution in [0.15, 0.2) is 35.1 Å². The number of amides is 1. The molecule has 0 saturated heterocycles. The van der Waals surface area contributed by atoms with Crippen molar-refractivity contribution in [3.05, 3.63) is 62.8 Å². The molecule has 0 spiro atoms. The molecule has 7 heteroatoms.